The topological polar surface area (TPSA) is 48.0 Å². The van der Waals surface area contributed by atoms with Gasteiger partial charge in [0, 0.05) is 37.6 Å². The van der Waals surface area contributed by atoms with Crippen LogP contribution in [-0.2, 0) is 13.1 Å². The Balaban J connectivity index is 2.14. The highest BCUT2D eigenvalue weighted by Crippen LogP contribution is 2.05. The highest BCUT2D eigenvalue weighted by atomic mass is 16.1. The summed E-state index contributed by atoms with van der Waals surface area (Å²) in [5, 5.41) is 0. The standard InChI is InChI=1S/C13H14N2O/c14-9-11-1-3-12(4-2-11)10-15-7-5-13(16)6-8-15/h1-8H,9-10,14H2. The summed E-state index contributed by atoms with van der Waals surface area (Å²) in [6.07, 6.45) is 3.58. The molecule has 1 heterocycles. The third-order valence-electron chi connectivity index (χ3n) is 2.48. The Kier molecular flexibility index (Phi) is 3.17. The molecule has 0 amide bonds. The molecule has 0 radical (unpaired) electrons. The lowest BCUT2D eigenvalue weighted by molar-refractivity contribution is 0.788. The van der Waals surface area contributed by atoms with Gasteiger partial charge in [0.1, 0.15) is 0 Å². The molecule has 3 heteroatoms. The predicted octanol–water partition coefficient (Wildman–Crippen LogP) is 1.36. The van der Waals surface area contributed by atoms with Gasteiger partial charge in [-0.25, -0.2) is 0 Å². The van der Waals surface area contributed by atoms with Gasteiger partial charge in [-0.3, -0.25) is 4.79 Å². The molecule has 0 unspecified atom stereocenters. The number of hydrogen-bond acceptors (Lipinski definition) is 2. The smallest absolute Gasteiger partial charge is 0.181 e. The van der Waals surface area contributed by atoms with Crippen molar-refractivity contribution in [1.29, 1.82) is 0 Å². The zero-order chi connectivity index (χ0) is 11.4. The lowest BCUT2D eigenvalue weighted by Crippen LogP contribution is -2.05. The van der Waals surface area contributed by atoms with Crippen molar-refractivity contribution >= 4 is 0 Å². The van der Waals surface area contributed by atoms with Crippen molar-refractivity contribution < 1.29 is 0 Å². The fraction of sp³-hybridized carbons (Fsp3) is 0.154. The van der Waals surface area contributed by atoms with Crippen LogP contribution in [0.4, 0.5) is 0 Å². The van der Waals surface area contributed by atoms with Crippen LogP contribution in [0.5, 0.6) is 0 Å². The van der Waals surface area contributed by atoms with Crippen molar-refractivity contribution in [3.63, 3.8) is 0 Å². The SMILES string of the molecule is NCc1ccc(Cn2ccc(=O)cc2)cc1. The third-order valence-corrected chi connectivity index (χ3v) is 2.48. The van der Waals surface area contributed by atoms with E-state index in [0.29, 0.717) is 6.54 Å². The van der Waals surface area contributed by atoms with Crippen molar-refractivity contribution in [2.75, 3.05) is 0 Å². The molecule has 2 aromatic rings. The van der Waals surface area contributed by atoms with E-state index in [1.807, 2.05) is 16.7 Å². The van der Waals surface area contributed by atoms with Gasteiger partial charge in [0.15, 0.2) is 5.43 Å². The van der Waals surface area contributed by atoms with E-state index in [0.717, 1.165) is 12.1 Å². The van der Waals surface area contributed by atoms with E-state index < -0.39 is 0 Å². The first-order valence-electron chi connectivity index (χ1n) is 5.22. The van der Waals surface area contributed by atoms with Gasteiger partial charge < -0.3 is 10.3 Å². The largest absolute Gasteiger partial charge is 0.350 e. The summed E-state index contributed by atoms with van der Waals surface area (Å²) in [4.78, 5) is 10.9. The van der Waals surface area contributed by atoms with E-state index in [4.69, 9.17) is 5.73 Å². The molecule has 0 aliphatic carbocycles. The summed E-state index contributed by atoms with van der Waals surface area (Å²) in [6, 6.07) is 11.3. The number of benzene rings is 1. The molecule has 3 nitrogen and oxygen atoms in total. The maximum atomic E-state index is 10.9. The fourth-order valence-corrected chi connectivity index (χ4v) is 1.54. The number of pyridine rings is 1. The molecule has 0 aliphatic rings. The molecule has 0 atom stereocenters. The van der Waals surface area contributed by atoms with Crippen molar-refractivity contribution in [1.82, 2.24) is 4.57 Å². The van der Waals surface area contributed by atoms with Gasteiger partial charge >= 0.3 is 0 Å². The Morgan fingerprint density at radius 2 is 1.50 bits per heavy atom. The molecule has 0 bridgehead atoms. The lowest BCUT2D eigenvalue weighted by atomic mass is 10.1. The minimum absolute atomic E-state index is 0.0368. The van der Waals surface area contributed by atoms with Crippen molar-refractivity contribution in [2.24, 2.45) is 5.73 Å². The quantitative estimate of drug-likeness (QED) is 0.838. The lowest BCUT2D eigenvalue weighted by Gasteiger charge is -2.06. The number of aromatic nitrogens is 1. The van der Waals surface area contributed by atoms with Crippen molar-refractivity contribution in [3.05, 3.63) is 70.1 Å². The van der Waals surface area contributed by atoms with E-state index in [1.54, 1.807) is 24.5 Å². The molecule has 0 aliphatic heterocycles. The molecule has 1 aromatic heterocycles. The first-order chi connectivity index (χ1) is 7.78. The second-order valence-corrected chi connectivity index (χ2v) is 3.73. The van der Waals surface area contributed by atoms with Crippen LogP contribution in [0, 0.1) is 0 Å². The van der Waals surface area contributed by atoms with Crippen LogP contribution in [0.3, 0.4) is 0 Å². The van der Waals surface area contributed by atoms with E-state index in [2.05, 4.69) is 12.1 Å². The van der Waals surface area contributed by atoms with E-state index in [1.165, 1.54) is 5.56 Å². The third kappa shape index (κ3) is 2.58. The highest BCUT2D eigenvalue weighted by Gasteiger charge is 1.94. The summed E-state index contributed by atoms with van der Waals surface area (Å²) in [7, 11) is 0. The second-order valence-electron chi connectivity index (χ2n) is 3.73. The van der Waals surface area contributed by atoms with Crippen LogP contribution >= 0.6 is 0 Å². The molecular formula is C13H14N2O. The van der Waals surface area contributed by atoms with Gasteiger partial charge in [-0.1, -0.05) is 24.3 Å². The van der Waals surface area contributed by atoms with Gasteiger partial charge in [0.2, 0.25) is 0 Å². The van der Waals surface area contributed by atoms with Crippen molar-refractivity contribution in [2.45, 2.75) is 13.1 Å². The normalized spacial score (nSPS) is 10.3. The molecule has 0 spiro atoms. The minimum atomic E-state index is 0.0368. The number of rotatable bonds is 3. The molecular weight excluding hydrogens is 200 g/mol. The minimum Gasteiger partial charge on any atom is -0.350 e. The average Bonchev–Trinajstić information content (AvgIpc) is 2.33. The first kappa shape index (κ1) is 10.6. The average molecular weight is 214 g/mol. The Bertz CT molecular complexity index is 494. The number of nitrogens with two attached hydrogens (primary N) is 1. The van der Waals surface area contributed by atoms with Gasteiger partial charge in [-0.15, -0.1) is 0 Å². The summed E-state index contributed by atoms with van der Waals surface area (Å²) in [5.41, 5.74) is 7.89. The second kappa shape index (κ2) is 4.77. The number of nitrogens with zero attached hydrogens (tertiary/aromatic N) is 1. The maximum Gasteiger partial charge on any atom is 0.181 e. The summed E-state index contributed by atoms with van der Waals surface area (Å²) in [6.45, 7) is 1.34. The van der Waals surface area contributed by atoms with Crippen LogP contribution in [0.2, 0.25) is 0 Å². The molecule has 2 rings (SSSR count). The summed E-state index contributed by atoms with van der Waals surface area (Å²) in [5.74, 6) is 0. The molecule has 0 saturated carbocycles. The van der Waals surface area contributed by atoms with Gasteiger partial charge in [0.05, 0.1) is 0 Å². The molecule has 0 fully saturated rings. The summed E-state index contributed by atoms with van der Waals surface area (Å²) < 4.78 is 1.97. The zero-order valence-electron chi connectivity index (χ0n) is 8.97. The molecule has 16 heavy (non-hydrogen) atoms. The van der Waals surface area contributed by atoms with E-state index in [9.17, 15) is 4.79 Å². The molecule has 0 saturated heterocycles. The first-order valence-corrected chi connectivity index (χ1v) is 5.22. The van der Waals surface area contributed by atoms with Crippen LogP contribution in [0.25, 0.3) is 0 Å². The van der Waals surface area contributed by atoms with Crippen LogP contribution in [0.15, 0.2) is 53.6 Å². The maximum absolute atomic E-state index is 10.9. The Hall–Kier alpha value is -1.87. The predicted molar refractivity (Wildman–Crippen MR) is 64.1 cm³/mol. The molecule has 1 aromatic carbocycles. The van der Waals surface area contributed by atoms with Crippen LogP contribution in [0.1, 0.15) is 11.1 Å². The van der Waals surface area contributed by atoms with Gasteiger partial charge in [-0.2, -0.15) is 0 Å². The highest BCUT2D eigenvalue weighted by molar-refractivity contribution is 5.22. The van der Waals surface area contributed by atoms with Crippen molar-refractivity contribution in [3.8, 4) is 0 Å². The van der Waals surface area contributed by atoms with Crippen LogP contribution < -0.4 is 11.2 Å². The zero-order valence-corrected chi connectivity index (χ0v) is 8.97. The van der Waals surface area contributed by atoms with E-state index >= 15 is 0 Å². The van der Waals surface area contributed by atoms with Crippen LogP contribution in [-0.4, -0.2) is 4.57 Å². The monoisotopic (exact) mass is 214 g/mol. The Morgan fingerprint density at radius 1 is 0.938 bits per heavy atom. The van der Waals surface area contributed by atoms with Gasteiger partial charge in [-0.05, 0) is 11.1 Å². The summed E-state index contributed by atoms with van der Waals surface area (Å²) >= 11 is 0. The number of hydrogen-bond donors (Lipinski definition) is 1. The Labute approximate surface area is 94.1 Å². The Morgan fingerprint density at radius 3 is 2.06 bits per heavy atom. The van der Waals surface area contributed by atoms with E-state index in [-0.39, 0.29) is 5.43 Å². The molecule has 82 valence electrons. The van der Waals surface area contributed by atoms with Gasteiger partial charge in [0.25, 0.3) is 0 Å². The fourth-order valence-electron chi connectivity index (χ4n) is 1.54. The molecule has 2 N–H and O–H groups in total.